The number of nitrogens with one attached hydrogen (secondary N) is 2. The largest absolute Gasteiger partial charge is 0.350 e. The molecule has 1 unspecified atom stereocenters. The number of carbonyl (C=O) groups excluding carboxylic acids is 2. The van der Waals surface area contributed by atoms with E-state index in [1.54, 1.807) is 4.90 Å². The summed E-state index contributed by atoms with van der Waals surface area (Å²) in [6.07, 6.45) is 6.88. The van der Waals surface area contributed by atoms with Crippen LogP contribution in [0.5, 0.6) is 0 Å². The van der Waals surface area contributed by atoms with Gasteiger partial charge in [-0.3, -0.25) is 14.4 Å². The summed E-state index contributed by atoms with van der Waals surface area (Å²) < 4.78 is 0. The summed E-state index contributed by atoms with van der Waals surface area (Å²) in [6, 6.07) is 1.51. The zero-order valence-corrected chi connectivity index (χ0v) is 15.8. The summed E-state index contributed by atoms with van der Waals surface area (Å²) >= 11 is 0. The first kappa shape index (κ1) is 18.7. The van der Waals surface area contributed by atoms with Crippen molar-refractivity contribution in [2.75, 3.05) is 6.54 Å². The van der Waals surface area contributed by atoms with Crippen molar-refractivity contribution in [3.8, 4) is 0 Å². The number of aryl methyl sites for hydroxylation is 2. The first-order valence-electron chi connectivity index (χ1n) is 9.75. The van der Waals surface area contributed by atoms with Crippen LogP contribution >= 0.6 is 0 Å². The van der Waals surface area contributed by atoms with E-state index in [2.05, 4.69) is 10.3 Å². The van der Waals surface area contributed by atoms with Gasteiger partial charge >= 0.3 is 0 Å². The lowest BCUT2D eigenvalue weighted by Gasteiger charge is -2.30. The number of pyridine rings is 1. The smallest absolute Gasteiger partial charge is 0.253 e. The lowest BCUT2D eigenvalue weighted by atomic mass is 9.88. The van der Waals surface area contributed by atoms with E-state index in [-0.39, 0.29) is 29.8 Å². The van der Waals surface area contributed by atoms with Crippen molar-refractivity contribution < 1.29 is 9.59 Å². The van der Waals surface area contributed by atoms with Gasteiger partial charge in [-0.15, -0.1) is 0 Å². The van der Waals surface area contributed by atoms with Crippen LogP contribution in [-0.2, 0) is 16.1 Å². The van der Waals surface area contributed by atoms with E-state index in [1.807, 2.05) is 19.9 Å². The highest BCUT2D eigenvalue weighted by atomic mass is 16.2. The van der Waals surface area contributed by atoms with Gasteiger partial charge < -0.3 is 15.2 Å². The second-order valence-corrected chi connectivity index (χ2v) is 7.69. The minimum atomic E-state index is -0.394. The molecule has 1 aliphatic heterocycles. The molecule has 1 saturated carbocycles. The average Bonchev–Trinajstić information content (AvgIpc) is 3.10. The van der Waals surface area contributed by atoms with Crippen LogP contribution in [0.2, 0.25) is 0 Å². The Kier molecular flexibility index (Phi) is 5.79. The van der Waals surface area contributed by atoms with E-state index in [0.29, 0.717) is 18.5 Å². The van der Waals surface area contributed by atoms with Crippen LogP contribution in [0.4, 0.5) is 0 Å². The third-order valence-electron chi connectivity index (χ3n) is 5.73. The van der Waals surface area contributed by atoms with Crippen LogP contribution in [0.1, 0.15) is 61.8 Å². The Bertz CT molecular complexity index is 734. The van der Waals surface area contributed by atoms with Gasteiger partial charge in [0.2, 0.25) is 11.8 Å². The molecule has 0 radical (unpaired) electrons. The molecule has 2 amide bonds. The zero-order valence-electron chi connectivity index (χ0n) is 15.8. The third kappa shape index (κ3) is 4.00. The fraction of sp³-hybridized carbons (Fsp3) is 0.650. The van der Waals surface area contributed by atoms with E-state index in [9.17, 15) is 14.4 Å². The molecule has 2 N–H and O–H groups in total. The number of hydrogen-bond donors (Lipinski definition) is 2. The van der Waals surface area contributed by atoms with Gasteiger partial charge in [-0.05, 0) is 51.2 Å². The molecule has 1 aromatic heterocycles. The number of hydrogen-bond acceptors (Lipinski definition) is 3. The van der Waals surface area contributed by atoms with Crippen molar-refractivity contribution in [2.45, 2.75) is 71.4 Å². The first-order chi connectivity index (χ1) is 12.5. The number of aromatic amines is 1. The molecule has 1 saturated heterocycles. The Morgan fingerprint density at radius 1 is 1.15 bits per heavy atom. The topological polar surface area (TPSA) is 82.3 Å². The summed E-state index contributed by atoms with van der Waals surface area (Å²) in [5.74, 6) is 0.0806. The van der Waals surface area contributed by atoms with Gasteiger partial charge in [0.15, 0.2) is 0 Å². The van der Waals surface area contributed by atoms with E-state index >= 15 is 0 Å². The van der Waals surface area contributed by atoms with Gasteiger partial charge in [-0.1, -0.05) is 19.3 Å². The lowest BCUT2D eigenvalue weighted by molar-refractivity contribution is -0.142. The molecular weight excluding hydrogens is 330 g/mol. The molecule has 0 aromatic carbocycles. The molecule has 1 atom stereocenters. The molecule has 1 aliphatic carbocycles. The van der Waals surface area contributed by atoms with E-state index < -0.39 is 6.04 Å². The Balaban J connectivity index is 1.63. The van der Waals surface area contributed by atoms with Gasteiger partial charge in [0.05, 0.1) is 0 Å². The molecule has 3 rings (SSSR count). The number of rotatable bonds is 4. The zero-order chi connectivity index (χ0) is 18.7. The highest BCUT2D eigenvalue weighted by Gasteiger charge is 2.37. The van der Waals surface area contributed by atoms with Crippen molar-refractivity contribution >= 4 is 11.8 Å². The van der Waals surface area contributed by atoms with Crippen molar-refractivity contribution in [1.82, 2.24) is 15.2 Å². The Labute approximate surface area is 154 Å². The SMILES string of the molecule is Cc1cc(C)c(CNC(=O)C2CCCN2C(=O)C2CCCCC2)c(=O)[nH]1. The van der Waals surface area contributed by atoms with Crippen molar-refractivity contribution in [2.24, 2.45) is 5.92 Å². The Morgan fingerprint density at radius 2 is 1.88 bits per heavy atom. The summed E-state index contributed by atoms with van der Waals surface area (Å²) in [4.78, 5) is 42.2. The Hall–Kier alpha value is -2.11. The van der Waals surface area contributed by atoms with Crippen molar-refractivity contribution in [3.63, 3.8) is 0 Å². The van der Waals surface area contributed by atoms with E-state index in [4.69, 9.17) is 0 Å². The summed E-state index contributed by atoms with van der Waals surface area (Å²) in [5, 5.41) is 2.88. The predicted octanol–water partition coefficient (Wildman–Crippen LogP) is 2.18. The van der Waals surface area contributed by atoms with Crippen molar-refractivity contribution in [3.05, 3.63) is 33.2 Å². The second-order valence-electron chi connectivity index (χ2n) is 7.69. The fourth-order valence-corrected chi connectivity index (χ4v) is 4.28. The molecule has 0 spiro atoms. The maximum absolute atomic E-state index is 12.8. The predicted molar refractivity (Wildman–Crippen MR) is 99.7 cm³/mol. The van der Waals surface area contributed by atoms with Gasteiger partial charge in [0, 0.05) is 30.3 Å². The summed E-state index contributed by atoms with van der Waals surface area (Å²) in [6.45, 7) is 4.57. The molecule has 2 fully saturated rings. The molecule has 2 aliphatic rings. The van der Waals surface area contributed by atoms with Gasteiger partial charge in [0.25, 0.3) is 5.56 Å². The van der Waals surface area contributed by atoms with Gasteiger partial charge in [0.1, 0.15) is 6.04 Å². The number of carbonyl (C=O) groups is 2. The van der Waals surface area contributed by atoms with Crippen molar-refractivity contribution in [1.29, 1.82) is 0 Å². The van der Waals surface area contributed by atoms with Crippen LogP contribution < -0.4 is 10.9 Å². The minimum absolute atomic E-state index is 0.0827. The second kappa shape index (κ2) is 8.06. The van der Waals surface area contributed by atoms with E-state index in [1.165, 1.54) is 6.42 Å². The molecular formula is C20H29N3O3. The Morgan fingerprint density at radius 3 is 2.58 bits per heavy atom. The molecule has 26 heavy (non-hydrogen) atoms. The van der Waals surface area contributed by atoms with Crippen LogP contribution in [-0.4, -0.2) is 34.3 Å². The quantitative estimate of drug-likeness (QED) is 0.864. The molecule has 0 bridgehead atoms. The molecule has 2 heterocycles. The van der Waals surface area contributed by atoms with Crippen LogP contribution in [0, 0.1) is 19.8 Å². The minimum Gasteiger partial charge on any atom is -0.350 e. The lowest BCUT2D eigenvalue weighted by Crippen LogP contribution is -2.48. The summed E-state index contributed by atoms with van der Waals surface area (Å²) in [5.41, 5.74) is 2.09. The fourth-order valence-electron chi connectivity index (χ4n) is 4.28. The highest BCUT2D eigenvalue weighted by Crippen LogP contribution is 2.28. The molecule has 1 aromatic rings. The first-order valence-corrected chi connectivity index (χ1v) is 9.75. The highest BCUT2D eigenvalue weighted by molar-refractivity contribution is 5.89. The van der Waals surface area contributed by atoms with Crippen LogP contribution in [0.3, 0.4) is 0 Å². The number of amides is 2. The number of likely N-dealkylation sites (tertiary alicyclic amines) is 1. The molecule has 6 heteroatoms. The standard InChI is InChI=1S/C20H29N3O3/c1-13-11-14(2)22-18(24)16(13)12-21-19(25)17-9-6-10-23(17)20(26)15-7-4-3-5-8-15/h11,15,17H,3-10,12H2,1-2H3,(H,21,25)(H,22,24). The third-order valence-corrected chi connectivity index (χ3v) is 5.73. The molecule has 6 nitrogen and oxygen atoms in total. The summed E-state index contributed by atoms with van der Waals surface area (Å²) in [7, 11) is 0. The van der Waals surface area contributed by atoms with E-state index in [0.717, 1.165) is 43.4 Å². The average molecular weight is 359 g/mol. The normalized spacial score (nSPS) is 21.0. The van der Waals surface area contributed by atoms with Gasteiger partial charge in [-0.2, -0.15) is 0 Å². The van der Waals surface area contributed by atoms with Crippen LogP contribution in [0.25, 0.3) is 0 Å². The van der Waals surface area contributed by atoms with Gasteiger partial charge in [-0.25, -0.2) is 0 Å². The number of H-pyrrole nitrogens is 1. The monoisotopic (exact) mass is 359 g/mol. The number of nitrogens with zero attached hydrogens (tertiary/aromatic N) is 1. The maximum Gasteiger partial charge on any atom is 0.253 e. The maximum atomic E-state index is 12.8. The number of aromatic nitrogens is 1. The van der Waals surface area contributed by atoms with Crippen LogP contribution in [0.15, 0.2) is 10.9 Å². The molecule has 142 valence electrons.